The van der Waals surface area contributed by atoms with Crippen LogP contribution < -0.4 is 0 Å². The highest BCUT2D eigenvalue weighted by molar-refractivity contribution is 6.76. The molecule has 5 N–H and O–H groups in total. The number of hydrogen-bond donors (Lipinski definition) is 5. The highest BCUT2D eigenvalue weighted by Crippen LogP contribution is 2.34. The van der Waals surface area contributed by atoms with E-state index in [4.69, 9.17) is 103 Å². The van der Waals surface area contributed by atoms with Gasteiger partial charge in [0, 0.05) is 58.5 Å². The van der Waals surface area contributed by atoms with E-state index in [0.717, 1.165) is 0 Å². The lowest BCUT2D eigenvalue weighted by Crippen LogP contribution is -2.47. The molecule has 7 rings (SSSR count). The minimum atomic E-state index is -2.01. The predicted octanol–water partition coefficient (Wildman–Crippen LogP) is 11.5. The van der Waals surface area contributed by atoms with E-state index in [0.29, 0.717) is 126 Å². The Balaban J connectivity index is 0.000000342. The summed E-state index contributed by atoms with van der Waals surface area (Å²) in [5, 5.41) is 43.5. The molecule has 0 radical (unpaired) electrons. The topological polar surface area (TPSA) is 353 Å². The maximum absolute atomic E-state index is 12.3. The number of aliphatic carboxylic acids is 1. The molecule has 0 amide bonds. The van der Waals surface area contributed by atoms with Gasteiger partial charge in [-0.3, -0.25) is 24.6 Å². The van der Waals surface area contributed by atoms with Crippen molar-refractivity contribution in [1.29, 1.82) is 5.41 Å². The monoisotopic (exact) mass is 1500 g/mol. The van der Waals surface area contributed by atoms with Crippen LogP contribution in [-0.2, 0) is 85.5 Å². The van der Waals surface area contributed by atoms with Gasteiger partial charge in [0.1, 0.15) is 6.10 Å². The third-order valence-corrected chi connectivity index (χ3v) is 17.3. The van der Waals surface area contributed by atoms with Crippen LogP contribution in [0.4, 0.5) is 0 Å². The minimum absolute atomic E-state index is 0.0294. The van der Waals surface area contributed by atoms with Gasteiger partial charge in [-0.1, -0.05) is 110 Å². The van der Waals surface area contributed by atoms with E-state index in [1.54, 1.807) is 85.8 Å². The first-order chi connectivity index (χ1) is 48.5. The summed E-state index contributed by atoms with van der Waals surface area (Å²) >= 11 is 16.9. The number of methoxy groups -OCH3 is 3. The Morgan fingerprint density at radius 3 is 1.08 bits per heavy atom. The van der Waals surface area contributed by atoms with Gasteiger partial charge < -0.3 is 86.7 Å². The van der Waals surface area contributed by atoms with Gasteiger partial charge >= 0.3 is 41.8 Å². The molecule has 3 aromatic rings. The zero-order valence-electron chi connectivity index (χ0n) is 60.0. The molecule has 0 aliphatic carbocycles. The second-order valence-corrected chi connectivity index (χ2v) is 27.3. The van der Waals surface area contributed by atoms with Crippen molar-refractivity contribution in [2.45, 2.75) is 235 Å². The molecule has 8 unspecified atom stereocenters. The summed E-state index contributed by atoms with van der Waals surface area (Å²) < 4.78 is 73.5. The molecule has 4 aliphatic rings. The third-order valence-electron chi connectivity index (χ3n) is 16.8. The number of carboxylic acids is 1. The van der Waals surface area contributed by atoms with E-state index in [9.17, 15) is 43.8 Å². The number of halogens is 3. The van der Waals surface area contributed by atoms with Gasteiger partial charge in [0.15, 0.2) is 37.2 Å². The van der Waals surface area contributed by atoms with Crippen molar-refractivity contribution in [3.63, 3.8) is 0 Å². The number of unbranched alkanes of at least 4 members (excludes halogenated alkanes) is 4. The van der Waals surface area contributed by atoms with Crippen LogP contribution in [0.2, 0.25) is 0 Å². The Morgan fingerprint density at radius 2 is 0.745 bits per heavy atom. The number of ether oxygens (including phenoxy) is 14. The second kappa shape index (κ2) is 49.6. The van der Waals surface area contributed by atoms with Crippen LogP contribution in [0.1, 0.15) is 182 Å². The fraction of sp³-hybridized carbons (Fsp3) is 0.644. The van der Waals surface area contributed by atoms with Crippen LogP contribution >= 0.6 is 34.8 Å². The van der Waals surface area contributed by atoms with E-state index in [-0.39, 0.29) is 91.5 Å². The van der Waals surface area contributed by atoms with Gasteiger partial charge in [-0.15, -0.1) is 0 Å². The molecule has 0 aromatic heterocycles. The zero-order chi connectivity index (χ0) is 75.7. The number of benzene rings is 3. The molecule has 0 bridgehead atoms. The number of aliphatic hydroxyl groups excluding tert-OH is 3. The Morgan fingerprint density at radius 1 is 0.431 bits per heavy atom. The summed E-state index contributed by atoms with van der Waals surface area (Å²) in [4.78, 5) is 79.8. The quantitative estimate of drug-likeness (QED) is 0.0108. The van der Waals surface area contributed by atoms with E-state index in [2.05, 4.69) is 28.1 Å². The molecule has 4 aliphatic heterocycles. The first-order valence-corrected chi connectivity index (χ1v) is 35.6. The van der Waals surface area contributed by atoms with Crippen molar-refractivity contribution >= 4 is 82.5 Å². The van der Waals surface area contributed by atoms with Crippen molar-refractivity contribution in [3.05, 3.63) is 108 Å². The Hall–Kier alpha value is -6.11. The predicted molar refractivity (Wildman–Crippen MR) is 375 cm³/mol. The number of alkyl halides is 3. The summed E-state index contributed by atoms with van der Waals surface area (Å²) in [6, 6.07) is 26.4. The van der Waals surface area contributed by atoms with Crippen molar-refractivity contribution < 1.29 is 120 Å². The van der Waals surface area contributed by atoms with Gasteiger partial charge in [-0.05, 0) is 152 Å². The van der Waals surface area contributed by atoms with Gasteiger partial charge in [0.05, 0.1) is 68.5 Å². The SMILES string of the molecule is CC1O[C@@H](OC(=N)C(Cl)(Cl)Cl)C(OC(=O)c2ccccc2)C[C@H]1C.CC1O[C@@H](OCCCCC(=O)O)C(O)C[C@H]1O.COC(=O)CCCCO.COC(=O)CCCCO[C@@H]1OC(C)[C@H](C)CC1OC(=O)c1ccccc1.COC(=O)CCCCO[C@@H]1OC(C)[C@H](C)CC1OC(=O)c1ccccc1. The van der Waals surface area contributed by atoms with Gasteiger partial charge in [0.25, 0.3) is 3.79 Å². The Kier molecular flexibility index (Phi) is 43.8. The summed E-state index contributed by atoms with van der Waals surface area (Å²) in [6.45, 7) is 15.1. The molecule has 3 aromatic carbocycles. The van der Waals surface area contributed by atoms with Gasteiger partial charge in [0.2, 0.25) is 12.2 Å². The number of carbonyl (C=O) groups is 7. The van der Waals surface area contributed by atoms with Crippen LogP contribution in [0, 0.1) is 23.2 Å². The second-order valence-electron chi connectivity index (χ2n) is 25.0. The fourth-order valence-electron chi connectivity index (χ4n) is 10.0. The number of hydrogen-bond acceptors (Lipinski definition) is 25. The summed E-state index contributed by atoms with van der Waals surface area (Å²) in [6.07, 6.45) is 2.22. The van der Waals surface area contributed by atoms with Crippen LogP contribution in [0.15, 0.2) is 91.0 Å². The number of carbonyl (C=O) groups excluding carboxylic acids is 6. The lowest BCUT2D eigenvalue weighted by atomic mass is 9.95. The molecule has 26 nitrogen and oxygen atoms in total. The highest BCUT2D eigenvalue weighted by Gasteiger charge is 2.43. The lowest BCUT2D eigenvalue weighted by Gasteiger charge is -2.38. The van der Waals surface area contributed by atoms with E-state index < -0.39 is 77.3 Å². The van der Waals surface area contributed by atoms with Crippen LogP contribution in [0.25, 0.3) is 0 Å². The van der Waals surface area contributed by atoms with Crippen LogP contribution in [0.3, 0.4) is 0 Å². The van der Waals surface area contributed by atoms with Crippen molar-refractivity contribution in [2.75, 3.05) is 47.8 Å². The molecule has 102 heavy (non-hydrogen) atoms. The average molecular weight is 1500 g/mol. The van der Waals surface area contributed by atoms with Crippen molar-refractivity contribution in [1.82, 2.24) is 0 Å². The molecular weight excluding hydrogens is 1400 g/mol. The average Bonchev–Trinajstić information content (AvgIpc) is 0.843. The molecule has 4 fully saturated rings. The lowest BCUT2D eigenvalue weighted by molar-refractivity contribution is -0.261. The minimum Gasteiger partial charge on any atom is -0.481 e. The van der Waals surface area contributed by atoms with Gasteiger partial charge in [-0.2, -0.15) is 0 Å². The summed E-state index contributed by atoms with van der Waals surface area (Å²) in [5.41, 5.74) is 1.44. The number of aliphatic hydroxyl groups is 3. The molecule has 574 valence electrons. The molecule has 4 saturated heterocycles. The number of esters is 6. The standard InChI is InChI=1S/2C20H28O6.C16H18Cl3NO4.C11H20O6.C6H12O3/c2*1-14-13-17(26-19(22)16-9-5-4-6-10-16)20(25-15(14)2)24-12-8-7-11-18(21)23-3;1-9-8-12(23-13(21)11-6-4-3-5-7-11)14(22-10(9)2)24-15(20)16(17,18)19;1-7-8(12)6-9(13)11(17-7)16-5-3-2-4-10(14)15;1-9-6(8)4-2-3-5-7/h2*4-6,9-10,14-15,17,20H,7-8,11-13H2,1-3H3;3-7,9-10,12,14,20H,8H2,1-2H3;7-9,11-13H,2-6H2,1H3,(H,14,15);7H,2-5H2,1H3/t2*14-,15?,17?,20-;9-,10?,12?,14+;7?,8-,9?,11-;/m1111./s1. The number of carboxylic acid groups (broad SMARTS) is 1. The van der Waals surface area contributed by atoms with Crippen molar-refractivity contribution in [3.8, 4) is 0 Å². The summed E-state index contributed by atoms with van der Waals surface area (Å²) in [5.74, 6) is -2.64. The maximum Gasteiger partial charge on any atom is 0.338 e. The summed E-state index contributed by atoms with van der Waals surface area (Å²) in [7, 11) is 4.12. The molecule has 0 saturated carbocycles. The molecule has 29 heteroatoms. The molecule has 16 atom stereocenters. The molecular formula is C73H106Cl3NO25. The zero-order valence-corrected chi connectivity index (χ0v) is 62.3. The van der Waals surface area contributed by atoms with Crippen LogP contribution in [-0.4, -0.2) is 200 Å². The first-order valence-electron chi connectivity index (χ1n) is 34.5. The smallest absolute Gasteiger partial charge is 0.338 e. The largest absolute Gasteiger partial charge is 0.481 e. The van der Waals surface area contributed by atoms with E-state index >= 15 is 0 Å². The normalized spacial score (nSPS) is 25.8. The van der Waals surface area contributed by atoms with Gasteiger partial charge in [-0.25, -0.2) is 14.4 Å². The first kappa shape index (κ1) is 90.1. The number of nitrogens with one attached hydrogen (secondary N) is 1. The Labute approximate surface area is 613 Å². The third kappa shape index (κ3) is 35.6. The maximum atomic E-state index is 12.3. The van der Waals surface area contributed by atoms with E-state index in [1.165, 1.54) is 21.3 Å². The van der Waals surface area contributed by atoms with Crippen molar-refractivity contribution in [2.24, 2.45) is 17.8 Å². The van der Waals surface area contributed by atoms with Crippen LogP contribution in [0.5, 0.6) is 0 Å². The Bertz CT molecular complexity index is 2790. The number of rotatable bonds is 29. The highest BCUT2D eigenvalue weighted by atomic mass is 35.6. The molecule has 0 spiro atoms. The van der Waals surface area contributed by atoms with E-state index in [1.807, 2.05) is 39.8 Å². The fourth-order valence-corrected chi connectivity index (χ4v) is 10.2. The molecule has 4 heterocycles.